The number of ketones is 1. The highest BCUT2D eigenvalue weighted by Crippen LogP contribution is 2.40. The first-order chi connectivity index (χ1) is 8.46. The van der Waals surface area contributed by atoms with Gasteiger partial charge in [-0.1, -0.05) is 13.8 Å². The van der Waals surface area contributed by atoms with Gasteiger partial charge in [0.1, 0.15) is 5.69 Å². The Labute approximate surface area is 108 Å². The largest absolute Gasteiger partial charge is 0.493 e. The van der Waals surface area contributed by atoms with Crippen LogP contribution in [0, 0.1) is 5.41 Å². The van der Waals surface area contributed by atoms with Gasteiger partial charge in [0.2, 0.25) is 0 Å². The second-order valence-electron chi connectivity index (χ2n) is 5.53. The number of rotatable bonds is 3. The fraction of sp³-hybridized carbons (Fsp3) is 0.571. The molecule has 0 bridgehead atoms. The molecule has 1 heterocycles. The number of ether oxygens (including phenoxy) is 1. The molecule has 4 heteroatoms. The maximum Gasteiger partial charge on any atom is 0.164 e. The van der Waals surface area contributed by atoms with Gasteiger partial charge in [-0.25, -0.2) is 0 Å². The Kier molecular flexibility index (Phi) is 3.28. The lowest BCUT2D eigenvalue weighted by atomic mass is 9.76. The smallest absolute Gasteiger partial charge is 0.164 e. The van der Waals surface area contributed by atoms with Gasteiger partial charge in [0.25, 0.3) is 0 Å². The van der Waals surface area contributed by atoms with E-state index in [0.717, 1.165) is 30.0 Å². The Balaban J connectivity index is 2.48. The topological polar surface area (TPSA) is 44.1 Å². The summed E-state index contributed by atoms with van der Waals surface area (Å²) in [6.45, 7) is 7.05. The van der Waals surface area contributed by atoms with Crippen molar-refractivity contribution in [3.05, 3.63) is 18.0 Å². The van der Waals surface area contributed by atoms with E-state index in [9.17, 15) is 4.79 Å². The zero-order chi connectivity index (χ0) is 13.3. The monoisotopic (exact) mass is 248 g/mol. The number of aryl methyl sites for hydroxylation is 1. The third kappa shape index (κ3) is 2.33. The van der Waals surface area contributed by atoms with Crippen LogP contribution >= 0.6 is 0 Å². The highest BCUT2D eigenvalue weighted by Gasteiger charge is 2.30. The van der Waals surface area contributed by atoms with Gasteiger partial charge in [0.15, 0.2) is 11.5 Å². The lowest BCUT2D eigenvalue weighted by Crippen LogP contribution is -2.22. The molecule has 0 aliphatic heterocycles. The Morgan fingerprint density at radius 1 is 1.44 bits per heavy atom. The van der Waals surface area contributed by atoms with Gasteiger partial charge < -0.3 is 4.74 Å². The fourth-order valence-corrected chi connectivity index (χ4v) is 2.58. The van der Waals surface area contributed by atoms with Crippen LogP contribution in [0.2, 0.25) is 0 Å². The summed E-state index contributed by atoms with van der Waals surface area (Å²) in [5.41, 5.74) is 1.99. The Bertz CT molecular complexity index is 476. The second kappa shape index (κ2) is 4.59. The minimum atomic E-state index is 0.00895. The average molecular weight is 248 g/mol. The predicted molar refractivity (Wildman–Crippen MR) is 70.5 cm³/mol. The average Bonchev–Trinajstić information content (AvgIpc) is 2.68. The van der Waals surface area contributed by atoms with Crippen molar-refractivity contribution in [1.29, 1.82) is 0 Å². The van der Waals surface area contributed by atoms with Crippen LogP contribution in [0.15, 0.2) is 12.3 Å². The third-order valence-electron chi connectivity index (χ3n) is 3.29. The van der Waals surface area contributed by atoms with Crippen LogP contribution < -0.4 is 4.74 Å². The van der Waals surface area contributed by atoms with E-state index in [1.807, 2.05) is 11.6 Å². The first kappa shape index (κ1) is 12.9. The number of hydrogen-bond donors (Lipinski definition) is 0. The Morgan fingerprint density at radius 3 is 2.72 bits per heavy atom. The van der Waals surface area contributed by atoms with Crippen LogP contribution in [0.1, 0.15) is 39.3 Å². The Morgan fingerprint density at radius 2 is 2.17 bits per heavy atom. The van der Waals surface area contributed by atoms with E-state index in [1.165, 1.54) is 0 Å². The summed E-state index contributed by atoms with van der Waals surface area (Å²) in [6, 6.07) is 0. The number of methoxy groups -OCH3 is 1. The summed E-state index contributed by atoms with van der Waals surface area (Å²) >= 11 is 0. The van der Waals surface area contributed by atoms with Gasteiger partial charge in [-0.3, -0.25) is 9.48 Å². The highest BCUT2D eigenvalue weighted by atomic mass is 16.5. The minimum absolute atomic E-state index is 0.00895. The summed E-state index contributed by atoms with van der Waals surface area (Å²) in [5.74, 6) is 0.931. The van der Waals surface area contributed by atoms with Crippen LogP contribution in [0.3, 0.4) is 0 Å². The third-order valence-corrected chi connectivity index (χ3v) is 3.29. The summed E-state index contributed by atoms with van der Waals surface area (Å²) in [7, 11) is 1.64. The van der Waals surface area contributed by atoms with Crippen molar-refractivity contribution >= 4 is 11.4 Å². The molecule has 0 N–H and O–H groups in total. The molecule has 0 unspecified atom stereocenters. The summed E-state index contributed by atoms with van der Waals surface area (Å²) < 4.78 is 7.24. The number of carbonyl (C=O) groups excluding carboxylic acids is 1. The van der Waals surface area contributed by atoms with Crippen LogP contribution in [0.25, 0.3) is 5.57 Å². The number of aromatic nitrogens is 2. The van der Waals surface area contributed by atoms with Crippen molar-refractivity contribution in [2.75, 3.05) is 7.11 Å². The van der Waals surface area contributed by atoms with Crippen LogP contribution in [0.5, 0.6) is 5.75 Å². The van der Waals surface area contributed by atoms with E-state index >= 15 is 0 Å². The first-order valence-electron chi connectivity index (χ1n) is 6.30. The molecule has 0 fully saturated rings. The molecule has 4 nitrogen and oxygen atoms in total. The van der Waals surface area contributed by atoms with E-state index < -0.39 is 0 Å². The molecule has 0 spiro atoms. The predicted octanol–water partition coefficient (Wildman–Crippen LogP) is 2.68. The fourth-order valence-electron chi connectivity index (χ4n) is 2.58. The Hall–Kier alpha value is -1.58. The molecule has 0 aromatic carbocycles. The SMILES string of the molecule is CCn1ncc(OC)c1C1=CC(=O)CC(C)(C)C1. The van der Waals surface area contributed by atoms with Gasteiger partial charge >= 0.3 is 0 Å². The summed E-state index contributed by atoms with van der Waals surface area (Å²) in [6.07, 6.45) is 4.95. The van der Waals surface area contributed by atoms with Gasteiger partial charge in [0.05, 0.1) is 13.3 Å². The molecule has 0 amide bonds. The molecule has 98 valence electrons. The number of allylic oxidation sites excluding steroid dienone is 2. The molecule has 0 radical (unpaired) electrons. The van der Waals surface area contributed by atoms with E-state index in [1.54, 1.807) is 19.4 Å². The van der Waals surface area contributed by atoms with E-state index in [2.05, 4.69) is 18.9 Å². The van der Waals surface area contributed by atoms with Crippen LogP contribution in [0.4, 0.5) is 0 Å². The molecular weight excluding hydrogens is 228 g/mol. The highest BCUT2D eigenvalue weighted by molar-refractivity contribution is 5.99. The molecule has 1 aromatic heterocycles. The van der Waals surface area contributed by atoms with E-state index in [-0.39, 0.29) is 11.2 Å². The maximum absolute atomic E-state index is 11.8. The molecule has 2 rings (SSSR count). The molecule has 1 aliphatic carbocycles. The lowest BCUT2D eigenvalue weighted by Gasteiger charge is -2.29. The van der Waals surface area contributed by atoms with E-state index in [0.29, 0.717) is 6.42 Å². The summed E-state index contributed by atoms with van der Waals surface area (Å²) in [4.78, 5) is 11.8. The molecular formula is C14H20N2O2. The molecule has 0 atom stereocenters. The van der Waals surface area contributed by atoms with Crippen molar-refractivity contribution in [1.82, 2.24) is 9.78 Å². The molecule has 1 aliphatic rings. The second-order valence-corrected chi connectivity index (χ2v) is 5.53. The standard InChI is InChI=1S/C14H20N2O2/c1-5-16-13(12(18-4)9-15-16)10-6-11(17)8-14(2,3)7-10/h6,9H,5,7-8H2,1-4H3. The zero-order valence-electron chi connectivity index (χ0n) is 11.5. The van der Waals surface area contributed by atoms with Gasteiger partial charge in [-0.2, -0.15) is 5.10 Å². The molecule has 18 heavy (non-hydrogen) atoms. The van der Waals surface area contributed by atoms with Gasteiger partial charge in [-0.15, -0.1) is 0 Å². The summed E-state index contributed by atoms with van der Waals surface area (Å²) in [5, 5.41) is 4.29. The molecule has 0 saturated heterocycles. The van der Waals surface area contributed by atoms with Crippen LogP contribution in [-0.2, 0) is 11.3 Å². The maximum atomic E-state index is 11.8. The van der Waals surface area contributed by atoms with Crippen molar-refractivity contribution in [3.8, 4) is 5.75 Å². The van der Waals surface area contributed by atoms with Gasteiger partial charge in [-0.05, 0) is 30.4 Å². The van der Waals surface area contributed by atoms with Crippen molar-refractivity contribution in [3.63, 3.8) is 0 Å². The zero-order valence-corrected chi connectivity index (χ0v) is 11.5. The first-order valence-corrected chi connectivity index (χ1v) is 6.30. The molecule has 0 saturated carbocycles. The van der Waals surface area contributed by atoms with Gasteiger partial charge in [0, 0.05) is 13.0 Å². The van der Waals surface area contributed by atoms with E-state index in [4.69, 9.17) is 4.74 Å². The minimum Gasteiger partial charge on any atom is -0.493 e. The normalized spacial score (nSPS) is 18.7. The number of nitrogens with zero attached hydrogens (tertiary/aromatic N) is 2. The van der Waals surface area contributed by atoms with Crippen molar-refractivity contribution in [2.45, 2.75) is 40.2 Å². The van der Waals surface area contributed by atoms with Crippen molar-refractivity contribution in [2.24, 2.45) is 5.41 Å². The lowest BCUT2D eigenvalue weighted by molar-refractivity contribution is -0.116. The number of carbonyl (C=O) groups is 1. The van der Waals surface area contributed by atoms with Crippen LogP contribution in [-0.4, -0.2) is 22.7 Å². The van der Waals surface area contributed by atoms with Crippen molar-refractivity contribution < 1.29 is 9.53 Å². The molecule has 1 aromatic rings. The number of hydrogen-bond acceptors (Lipinski definition) is 3. The quantitative estimate of drug-likeness (QED) is 0.826.